The zero-order valence-electron chi connectivity index (χ0n) is 7.36. The molecule has 3 N–H and O–H groups in total. The number of aromatic nitrogens is 1. The highest BCUT2D eigenvalue weighted by Crippen LogP contribution is 2.17. The van der Waals surface area contributed by atoms with Crippen molar-refractivity contribution in [2.45, 2.75) is 6.54 Å². The van der Waals surface area contributed by atoms with Gasteiger partial charge in [0, 0.05) is 6.54 Å². The van der Waals surface area contributed by atoms with E-state index in [1.807, 2.05) is 12.1 Å². The molecule has 0 unspecified atom stereocenters. The highest BCUT2D eigenvalue weighted by atomic mass is 16.4. The summed E-state index contributed by atoms with van der Waals surface area (Å²) in [5.74, 6) is 0. The van der Waals surface area contributed by atoms with Gasteiger partial charge in [0.2, 0.25) is 6.41 Å². The van der Waals surface area contributed by atoms with Gasteiger partial charge >= 0.3 is 0 Å². The van der Waals surface area contributed by atoms with Crippen LogP contribution in [-0.4, -0.2) is 11.4 Å². The van der Waals surface area contributed by atoms with Crippen molar-refractivity contribution in [3.05, 3.63) is 23.8 Å². The van der Waals surface area contributed by atoms with E-state index in [1.54, 1.807) is 6.07 Å². The molecule has 1 aromatic carbocycles. The van der Waals surface area contributed by atoms with E-state index in [2.05, 4.69) is 10.3 Å². The zero-order chi connectivity index (χ0) is 9.97. The van der Waals surface area contributed by atoms with Crippen LogP contribution in [0.5, 0.6) is 0 Å². The van der Waals surface area contributed by atoms with Gasteiger partial charge in [-0.3, -0.25) is 4.79 Å². The lowest BCUT2D eigenvalue weighted by Crippen LogP contribution is -2.09. The summed E-state index contributed by atoms with van der Waals surface area (Å²) < 4.78 is 5.10. The van der Waals surface area contributed by atoms with Crippen LogP contribution >= 0.6 is 0 Å². The Morgan fingerprint density at radius 2 is 2.43 bits per heavy atom. The number of fused-ring (bicyclic) bond motifs is 1. The molecule has 0 radical (unpaired) electrons. The highest BCUT2D eigenvalue weighted by molar-refractivity contribution is 5.74. The first kappa shape index (κ1) is 8.55. The fourth-order valence-electron chi connectivity index (χ4n) is 1.26. The van der Waals surface area contributed by atoms with Crippen LogP contribution in [0.15, 0.2) is 22.6 Å². The van der Waals surface area contributed by atoms with E-state index in [1.165, 1.54) is 0 Å². The Morgan fingerprint density at radius 3 is 3.21 bits per heavy atom. The number of hydrogen-bond acceptors (Lipinski definition) is 4. The third kappa shape index (κ3) is 1.52. The summed E-state index contributed by atoms with van der Waals surface area (Å²) in [5.41, 5.74) is 7.70. The van der Waals surface area contributed by atoms with E-state index < -0.39 is 0 Å². The van der Waals surface area contributed by atoms with Crippen LogP contribution in [0, 0.1) is 0 Å². The number of nitrogen functional groups attached to an aromatic ring is 1. The maximum absolute atomic E-state index is 10.1. The molecule has 14 heavy (non-hydrogen) atoms. The number of amides is 1. The molecule has 0 aliphatic carbocycles. The summed E-state index contributed by atoms with van der Waals surface area (Å²) in [6, 6.07) is 5.61. The Balaban J connectivity index is 2.35. The van der Waals surface area contributed by atoms with E-state index in [-0.39, 0.29) is 6.01 Å². The van der Waals surface area contributed by atoms with Crippen LogP contribution in [0.3, 0.4) is 0 Å². The number of carbonyl (C=O) groups is 1. The molecule has 5 heteroatoms. The number of carbonyl (C=O) groups excluding carboxylic acids is 1. The fourth-order valence-corrected chi connectivity index (χ4v) is 1.26. The molecular weight excluding hydrogens is 182 g/mol. The molecule has 0 aliphatic rings. The molecule has 0 atom stereocenters. The summed E-state index contributed by atoms with van der Waals surface area (Å²) >= 11 is 0. The van der Waals surface area contributed by atoms with Crippen molar-refractivity contribution in [2.24, 2.45) is 0 Å². The SMILES string of the molecule is Nc1nc2cc(CNC=O)ccc2o1. The number of benzene rings is 1. The lowest BCUT2D eigenvalue weighted by Gasteiger charge is -1.97. The van der Waals surface area contributed by atoms with Gasteiger partial charge in [-0.25, -0.2) is 0 Å². The largest absolute Gasteiger partial charge is 0.424 e. The van der Waals surface area contributed by atoms with Gasteiger partial charge in [0.1, 0.15) is 5.52 Å². The molecule has 2 aromatic rings. The van der Waals surface area contributed by atoms with E-state index in [0.29, 0.717) is 24.1 Å². The third-order valence-electron chi connectivity index (χ3n) is 1.86. The first-order valence-corrected chi connectivity index (χ1v) is 4.11. The number of anilines is 1. The predicted molar refractivity (Wildman–Crippen MR) is 51.3 cm³/mol. The lowest BCUT2D eigenvalue weighted by molar-refractivity contribution is -0.109. The molecule has 0 saturated carbocycles. The van der Waals surface area contributed by atoms with Crippen LogP contribution in [0.2, 0.25) is 0 Å². The lowest BCUT2D eigenvalue weighted by atomic mass is 10.2. The smallest absolute Gasteiger partial charge is 0.292 e. The summed E-state index contributed by atoms with van der Waals surface area (Å²) in [6.07, 6.45) is 0.654. The summed E-state index contributed by atoms with van der Waals surface area (Å²) in [4.78, 5) is 14.1. The maximum atomic E-state index is 10.1. The van der Waals surface area contributed by atoms with Gasteiger partial charge in [0.25, 0.3) is 6.01 Å². The van der Waals surface area contributed by atoms with Crippen molar-refractivity contribution in [1.82, 2.24) is 10.3 Å². The molecule has 0 spiro atoms. The molecule has 0 bridgehead atoms. The van der Waals surface area contributed by atoms with Gasteiger partial charge in [-0.1, -0.05) is 6.07 Å². The zero-order valence-corrected chi connectivity index (χ0v) is 7.36. The third-order valence-corrected chi connectivity index (χ3v) is 1.86. The van der Waals surface area contributed by atoms with E-state index in [4.69, 9.17) is 10.2 Å². The molecule has 1 amide bonds. The molecular formula is C9H9N3O2. The van der Waals surface area contributed by atoms with Crippen molar-refractivity contribution in [3.63, 3.8) is 0 Å². The van der Waals surface area contributed by atoms with Crippen molar-refractivity contribution >= 4 is 23.5 Å². The Labute approximate surface area is 79.9 Å². The predicted octanol–water partition coefficient (Wildman–Crippen LogP) is 0.656. The molecule has 0 aliphatic heterocycles. The van der Waals surface area contributed by atoms with Crippen LogP contribution in [-0.2, 0) is 11.3 Å². The van der Waals surface area contributed by atoms with Gasteiger partial charge in [-0.2, -0.15) is 4.98 Å². The Hall–Kier alpha value is -2.04. The summed E-state index contributed by atoms with van der Waals surface area (Å²) in [7, 11) is 0. The standard InChI is InChI=1S/C9H9N3O2/c10-9-12-7-3-6(4-11-5-13)1-2-8(7)14-9/h1-3,5H,4H2,(H2,10,12)(H,11,13). The minimum absolute atomic E-state index is 0.153. The second kappa shape index (κ2) is 3.37. The van der Waals surface area contributed by atoms with Crippen LogP contribution in [0.1, 0.15) is 5.56 Å². The van der Waals surface area contributed by atoms with Crippen molar-refractivity contribution in [1.29, 1.82) is 0 Å². The monoisotopic (exact) mass is 191 g/mol. The van der Waals surface area contributed by atoms with Crippen molar-refractivity contribution < 1.29 is 9.21 Å². The molecule has 1 aromatic heterocycles. The average Bonchev–Trinajstić information content (AvgIpc) is 2.54. The van der Waals surface area contributed by atoms with Crippen LogP contribution in [0.4, 0.5) is 6.01 Å². The Morgan fingerprint density at radius 1 is 1.57 bits per heavy atom. The quantitative estimate of drug-likeness (QED) is 0.698. The number of nitrogens with two attached hydrogens (primary N) is 1. The summed E-state index contributed by atoms with van der Waals surface area (Å²) in [6.45, 7) is 0.478. The number of nitrogens with zero attached hydrogens (tertiary/aromatic N) is 1. The minimum atomic E-state index is 0.153. The number of nitrogens with one attached hydrogen (secondary N) is 1. The average molecular weight is 191 g/mol. The summed E-state index contributed by atoms with van der Waals surface area (Å²) in [5, 5.41) is 2.57. The Bertz CT molecular complexity index is 464. The van der Waals surface area contributed by atoms with Crippen molar-refractivity contribution in [3.8, 4) is 0 Å². The second-order valence-electron chi connectivity index (χ2n) is 2.85. The van der Waals surface area contributed by atoms with Crippen LogP contribution < -0.4 is 11.1 Å². The van der Waals surface area contributed by atoms with Gasteiger partial charge in [-0.05, 0) is 17.7 Å². The van der Waals surface area contributed by atoms with Crippen molar-refractivity contribution in [2.75, 3.05) is 5.73 Å². The molecule has 0 fully saturated rings. The minimum Gasteiger partial charge on any atom is -0.424 e. The Kier molecular flexibility index (Phi) is 2.06. The van der Waals surface area contributed by atoms with E-state index >= 15 is 0 Å². The molecule has 1 heterocycles. The topological polar surface area (TPSA) is 81.1 Å². The fraction of sp³-hybridized carbons (Fsp3) is 0.111. The maximum Gasteiger partial charge on any atom is 0.292 e. The number of rotatable bonds is 3. The van der Waals surface area contributed by atoms with Gasteiger partial charge in [0.05, 0.1) is 0 Å². The van der Waals surface area contributed by atoms with E-state index in [9.17, 15) is 4.79 Å². The molecule has 2 rings (SSSR count). The first-order valence-electron chi connectivity index (χ1n) is 4.11. The second-order valence-corrected chi connectivity index (χ2v) is 2.85. The first-order chi connectivity index (χ1) is 6.79. The molecule has 72 valence electrons. The number of oxazole rings is 1. The van der Waals surface area contributed by atoms with Gasteiger partial charge in [0.15, 0.2) is 5.58 Å². The van der Waals surface area contributed by atoms with Crippen LogP contribution in [0.25, 0.3) is 11.1 Å². The van der Waals surface area contributed by atoms with E-state index in [0.717, 1.165) is 5.56 Å². The highest BCUT2D eigenvalue weighted by Gasteiger charge is 2.02. The molecule has 5 nitrogen and oxygen atoms in total. The van der Waals surface area contributed by atoms with Gasteiger partial charge in [-0.15, -0.1) is 0 Å². The van der Waals surface area contributed by atoms with Gasteiger partial charge < -0.3 is 15.5 Å². The molecule has 0 saturated heterocycles. The normalized spacial score (nSPS) is 10.3. The number of hydrogen-bond donors (Lipinski definition) is 2.